The lowest BCUT2D eigenvalue weighted by Gasteiger charge is -2.16. The summed E-state index contributed by atoms with van der Waals surface area (Å²) in [5, 5.41) is 11.5. The maximum Gasteiger partial charge on any atom is 0.164 e. The molecule has 0 amide bonds. The molecule has 0 spiro atoms. The van der Waals surface area contributed by atoms with Gasteiger partial charge >= 0.3 is 0 Å². The number of furan rings is 1. The molecule has 0 fully saturated rings. The molecule has 0 unspecified atom stereocenters. The molecule has 316 valence electrons. The lowest BCUT2D eigenvalue weighted by Crippen LogP contribution is -2.02. The Morgan fingerprint density at radius 1 is 0.294 bits per heavy atom. The highest BCUT2D eigenvalue weighted by Crippen LogP contribution is 2.43. The van der Waals surface area contributed by atoms with Crippen molar-refractivity contribution in [2.75, 3.05) is 0 Å². The summed E-state index contributed by atoms with van der Waals surface area (Å²) >= 11 is 0. The molecule has 3 aromatic heterocycles. The molecule has 68 heavy (non-hydrogen) atoms. The van der Waals surface area contributed by atoms with E-state index >= 15 is 0 Å². The molecule has 14 aromatic rings. The van der Waals surface area contributed by atoms with Crippen LogP contribution in [0.25, 0.3) is 138 Å². The van der Waals surface area contributed by atoms with Gasteiger partial charge in [-0.3, -0.25) is 0 Å². The first kappa shape index (κ1) is 38.1. The molecule has 0 saturated carbocycles. The second-order valence-corrected chi connectivity index (χ2v) is 17.6. The third-order valence-electron chi connectivity index (χ3n) is 13.6. The number of nitrogens with zero attached hydrogens (tertiary/aromatic N) is 4. The average molecular weight is 867 g/mol. The first-order valence-corrected chi connectivity index (χ1v) is 23.0. The number of aromatic nitrogens is 4. The van der Waals surface area contributed by atoms with Crippen LogP contribution in [0.15, 0.2) is 235 Å². The number of hydrogen-bond acceptors (Lipinski definition) is 4. The Morgan fingerprint density at radius 2 is 0.882 bits per heavy atom. The quantitative estimate of drug-likeness (QED) is 0.167. The number of rotatable bonds is 6. The second kappa shape index (κ2) is 15.2. The molecule has 5 nitrogen and oxygen atoms in total. The van der Waals surface area contributed by atoms with Crippen LogP contribution in [0.3, 0.4) is 0 Å². The third-order valence-corrected chi connectivity index (χ3v) is 13.6. The van der Waals surface area contributed by atoms with E-state index < -0.39 is 0 Å². The summed E-state index contributed by atoms with van der Waals surface area (Å²) in [5.74, 6) is 1.79. The van der Waals surface area contributed by atoms with Crippen molar-refractivity contribution in [3.05, 3.63) is 231 Å². The van der Waals surface area contributed by atoms with Crippen molar-refractivity contribution >= 4 is 76.1 Å². The molecule has 5 heteroatoms. The van der Waals surface area contributed by atoms with Gasteiger partial charge in [-0.25, -0.2) is 15.0 Å². The zero-order chi connectivity index (χ0) is 44.7. The van der Waals surface area contributed by atoms with Gasteiger partial charge in [-0.1, -0.05) is 164 Å². The SMILES string of the molecule is c1ccc(-c2cccc3c2c2cc4ccccc4cc2n3-c2ccc(-c3nc(-c4ccc5ccccc5c4)nc(-c4ccc5ccccc5c4)n3)c(-c3ccc4c(c3)oc3ccccc34)c2)cc1. The molecule has 0 atom stereocenters. The van der Waals surface area contributed by atoms with Crippen LogP contribution in [0, 0.1) is 0 Å². The number of para-hydroxylation sites is 1. The van der Waals surface area contributed by atoms with Crippen molar-refractivity contribution < 1.29 is 4.42 Å². The summed E-state index contributed by atoms with van der Waals surface area (Å²) in [6, 6.07) is 81.9. The number of benzene rings is 11. The molecule has 0 bridgehead atoms. The Labute approximate surface area is 390 Å². The van der Waals surface area contributed by atoms with Crippen molar-refractivity contribution in [1.82, 2.24) is 19.5 Å². The summed E-state index contributed by atoms with van der Waals surface area (Å²) in [7, 11) is 0. The van der Waals surface area contributed by atoms with E-state index in [2.05, 4.69) is 223 Å². The number of hydrogen-bond donors (Lipinski definition) is 0. The topological polar surface area (TPSA) is 56.7 Å². The summed E-state index contributed by atoms with van der Waals surface area (Å²) < 4.78 is 8.97. The van der Waals surface area contributed by atoms with E-state index in [0.29, 0.717) is 17.5 Å². The average Bonchev–Trinajstić information content (AvgIpc) is 3.94. The first-order chi connectivity index (χ1) is 33.7. The van der Waals surface area contributed by atoms with Crippen LogP contribution >= 0.6 is 0 Å². The fourth-order valence-electron chi connectivity index (χ4n) is 10.3. The highest BCUT2D eigenvalue weighted by Gasteiger charge is 2.22. The number of fused-ring (bicyclic) bond motifs is 9. The summed E-state index contributed by atoms with van der Waals surface area (Å²) in [6.45, 7) is 0. The van der Waals surface area contributed by atoms with Crippen LogP contribution in [-0.4, -0.2) is 19.5 Å². The van der Waals surface area contributed by atoms with Crippen LogP contribution < -0.4 is 0 Å². The van der Waals surface area contributed by atoms with Gasteiger partial charge in [0.15, 0.2) is 17.5 Å². The largest absolute Gasteiger partial charge is 0.456 e. The van der Waals surface area contributed by atoms with Crippen LogP contribution in [0.4, 0.5) is 0 Å². The van der Waals surface area contributed by atoms with Gasteiger partial charge < -0.3 is 8.98 Å². The van der Waals surface area contributed by atoms with E-state index in [-0.39, 0.29) is 0 Å². The second-order valence-electron chi connectivity index (χ2n) is 17.6. The first-order valence-electron chi connectivity index (χ1n) is 23.0. The van der Waals surface area contributed by atoms with Crippen LogP contribution in [0.1, 0.15) is 0 Å². The molecule has 0 saturated heterocycles. The minimum atomic E-state index is 0.581. The predicted octanol–water partition coefficient (Wildman–Crippen LogP) is 16.7. The lowest BCUT2D eigenvalue weighted by atomic mass is 9.96. The Kier molecular flexibility index (Phi) is 8.52. The van der Waals surface area contributed by atoms with Crippen molar-refractivity contribution in [2.24, 2.45) is 0 Å². The molecule has 0 aliphatic carbocycles. The molecule has 14 rings (SSSR count). The van der Waals surface area contributed by atoms with Gasteiger partial charge in [0, 0.05) is 43.9 Å². The standard InChI is InChI=1S/C63H38N4O/c1-2-15-41(16-3-1)50-22-12-23-56-60(50)55-35-44-19-8-9-20-45(44)36-57(55)67(56)49-30-32-53(54(38-49)46-29-31-52-51-21-10-11-24-58(51)68-59(52)37-46)63-65-61(47-27-25-39-13-4-6-17-42(39)33-47)64-62(66-63)48-28-26-40-14-5-7-18-43(40)34-48/h1-38H. The van der Waals surface area contributed by atoms with E-state index in [0.717, 1.165) is 88.0 Å². The molecule has 0 N–H and O–H groups in total. The van der Waals surface area contributed by atoms with Crippen LogP contribution in [-0.2, 0) is 0 Å². The van der Waals surface area contributed by atoms with Gasteiger partial charge in [0.05, 0.1) is 11.0 Å². The fraction of sp³-hybridized carbons (Fsp3) is 0. The monoisotopic (exact) mass is 866 g/mol. The summed E-state index contributed by atoms with van der Waals surface area (Å²) in [6.07, 6.45) is 0. The maximum atomic E-state index is 6.55. The fourth-order valence-corrected chi connectivity index (χ4v) is 10.3. The Morgan fingerprint density at radius 3 is 1.60 bits per heavy atom. The molecule has 0 aliphatic heterocycles. The van der Waals surface area contributed by atoms with E-state index in [1.54, 1.807) is 0 Å². The molecule has 0 aliphatic rings. The van der Waals surface area contributed by atoms with Crippen LogP contribution in [0.2, 0.25) is 0 Å². The summed E-state index contributed by atoms with van der Waals surface area (Å²) in [5.41, 5.74) is 12.0. The van der Waals surface area contributed by atoms with Gasteiger partial charge in [0.1, 0.15) is 11.2 Å². The Balaban J connectivity index is 1.05. The van der Waals surface area contributed by atoms with E-state index in [9.17, 15) is 0 Å². The highest BCUT2D eigenvalue weighted by atomic mass is 16.3. The minimum absolute atomic E-state index is 0.581. The van der Waals surface area contributed by atoms with Crippen molar-refractivity contribution in [2.45, 2.75) is 0 Å². The van der Waals surface area contributed by atoms with Crippen molar-refractivity contribution in [3.63, 3.8) is 0 Å². The van der Waals surface area contributed by atoms with E-state index in [4.69, 9.17) is 19.4 Å². The Bertz CT molecular complexity index is 4240. The van der Waals surface area contributed by atoms with E-state index in [1.165, 1.54) is 32.7 Å². The zero-order valence-corrected chi connectivity index (χ0v) is 36.6. The maximum absolute atomic E-state index is 6.55. The minimum Gasteiger partial charge on any atom is -0.456 e. The molecular formula is C63H38N4O. The van der Waals surface area contributed by atoms with E-state index in [1.807, 2.05) is 12.1 Å². The Hall–Kier alpha value is -9.19. The van der Waals surface area contributed by atoms with Gasteiger partial charge in [-0.15, -0.1) is 0 Å². The van der Waals surface area contributed by atoms with Gasteiger partial charge in [0.25, 0.3) is 0 Å². The van der Waals surface area contributed by atoms with Gasteiger partial charge in [0.2, 0.25) is 0 Å². The molecule has 11 aromatic carbocycles. The highest BCUT2D eigenvalue weighted by molar-refractivity contribution is 6.19. The van der Waals surface area contributed by atoms with Gasteiger partial charge in [-0.05, 0) is 121 Å². The van der Waals surface area contributed by atoms with Crippen LogP contribution in [0.5, 0.6) is 0 Å². The smallest absolute Gasteiger partial charge is 0.164 e. The zero-order valence-electron chi connectivity index (χ0n) is 36.6. The molecular weight excluding hydrogens is 829 g/mol. The molecule has 0 radical (unpaired) electrons. The van der Waals surface area contributed by atoms with Gasteiger partial charge in [-0.2, -0.15) is 0 Å². The van der Waals surface area contributed by atoms with Crippen molar-refractivity contribution in [1.29, 1.82) is 0 Å². The third kappa shape index (κ3) is 6.21. The van der Waals surface area contributed by atoms with Crippen molar-refractivity contribution in [3.8, 4) is 62.1 Å². The summed E-state index contributed by atoms with van der Waals surface area (Å²) in [4.78, 5) is 16.0. The normalized spacial score (nSPS) is 11.8. The lowest BCUT2D eigenvalue weighted by molar-refractivity contribution is 0.669. The molecule has 3 heterocycles. The predicted molar refractivity (Wildman–Crippen MR) is 281 cm³/mol.